The average Bonchev–Trinajstić information content (AvgIpc) is 2.78. The zero-order valence-electron chi connectivity index (χ0n) is 19.0. The van der Waals surface area contributed by atoms with E-state index >= 15 is 13.2 Å². The summed E-state index contributed by atoms with van der Waals surface area (Å²) in [4.78, 5) is 0. The minimum atomic E-state index is -7.36. The largest absolute Gasteiger partial charge is 0.491 e. The molecule has 0 spiro atoms. The SMILES string of the molecule is O=S(=O)([C-](c1c(F)c(F)c2c(F)c(F)c(F)c(F)c2c1F)S(=O)(=O)C12CC3CC(CC(F)(C3)C1)C2)C(F)(F)F. The van der Waals surface area contributed by atoms with Crippen LogP contribution in [0, 0.1) is 57.1 Å². The van der Waals surface area contributed by atoms with Crippen LogP contribution < -0.4 is 0 Å². The highest BCUT2D eigenvalue weighted by Gasteiger charge is 2.66. The van der Waals surface area contributed by atoms with Crippen molar-refractivity contribution in [1.29, 1.82) is 0 Å². The molecular formula is C22H14F11O4S2-. The van der Waals surface area contributed by atoms with Crippen molar-refractivity contribution in [2.75, 3.05) is 0 Å². The summed E-state index contributed by atoms with van der Waals surface area (Å²) >= 11 is 0. The Morgan fingerprint density at radius 2 is 1.10 bits per heavy atom. The van der Waals surface area contributed by atoms with E-state index in [9.17, 15) is 52.0 Å². The summed E-state index contributed by atoms with van der Waals surface area (Å²) in [6.07, 6.45) is -2.41. The third-order valence-corrected chi connectivity index (χ3v) is 12.8. The van der Waals surface area contributed by atoms with Crippen molar-refractivity contribution >= 4 is 30.4 Å². The molecular weight excluding hydrogens is 601 g/mol. The third kappa shape index (κ3) is 3.63. The van der Waals surface area contributed by atoms with Crippen LogP contribution in [-0.2, 0) is 19.7 Å². The number of hydrogen-bond acceptors (Lipinski definition) is 4. The lowest BCUT2D eigenvalue weighted by Crippen LogP contribution is -2.62. The van der Waals surface area contributed by atoms with Crippen LogP contribution in [-0.4, -0.2) is 32.8 Å². The molecule has 17 heteroatoms. The van der Waals surface area contributed by atoms with Gasteiger partial charge in [-0.1, -0.05) is 5.56 Å². The average molecular weight is 615 g/mol. The quantitative estimate of drug-likeness (QED) is 0.182. The summed E-state index contributed by atoms with van der Waals surface area (Å²) in [5.74, 6) is -21.6. The van der Waals surface area contributed by atoms with Crippen molar-refractivity contribution in [1.82, 2.24) is 0 Å². The second-order valence-corrected chi connectivity index (χ2v) is 14.8. The molecule has 2 atom stereocenters. The van der Waals surface area contributed by atoms with E-state index in [-0.39, 0.29) is 19.3 Å². The van der Waals surface area contributed by atoms with Gasteiger partial charge >= 0.3 is 5.51 Å². The molecule has 2 aromatic carbocycles. The van der Waals surface area contributed by atoms with Gasteiger partial charge in [-0.25, -0.2) is 43.2 Å². The molecule has 0 aliphatic heterocycles. The van der Waals surface area contributed by atoms with Crippen LogP contribution >= 0.6 is 0 Å². The molecule has 0 saturated heterocycles. The van der Waals surface area contributed by atoms with Gasteiger partial charge in [-0.3, -0.25) is 8.78 Å². The predicted molar refractivity (Wildman–Crippen MR) is 111 cm³/mol. The molecule has 2 unspecified atom stereocenters. The topological polar surface area (TPSA) is 68.3 Å². The van der Waals surface area contributed by atoms with E-state index in [1.807, 2.05) is 0 Å². The molecule has 0 radical (unpaired) electrons. The van der Waals surface area contributed by atoms with Crippen molar-refractivity contribution in [3.63, 3.8) is 0 Å². The first-order valence-electron chi connectivity index (χ1n) is 11.1. The minimum Gasteiger partial charge on any atom is -0.283 e. The van der Waals surface area contributed by atoms with Crippen LogP contribution in [0.2, 0.25) is 0 Å². The van der Waals surface area contributed by atoms with E-state index in [2.05, 4.69) is 0 Å². The molecule has 0 amide bonds. The van der Waals surface area contributed by atoms with Gasteiger partial charge in [0.15, 0.2) is 23.3 Å². The maximum Gasteiger partial charge on any atom is 0.491 e. The number of sulfone groups is 2. The fourth-order valence-electron chi connectivity index (χ4n) is 6.76. The minimum absolute atomic E-state index is 0.204. The van der Waals surface area contributed by atoms with E-state index in [0.29, 0.717) is 0 Å². The van der Waals surface area contributed by atoms with Crippen molar-refractivity contribution in [2.24, 2.45) is 11.8 Å². The van der Waals surface area contributed by atoms with Crippen LogP contribution in [0.25, 0.3) is 10.8 Å². The van der Waals surface area contributed by atoms with E-state index in [4.69, 9.17) is 0 Å². The van der Waals surface area contributed by atoms with Crippen molar-refractivity contribution in [3.8, 4) is 0 Å². The van der Waals surface area contributed by atoms with Gasteiger partial charge in [0.25, 0.3) is 0 Å². The Kier molecular flexibility index (Phi) is 5.89. The lowest BCUT2D eigenvalue weighted by molar-refractivity contribution is -0.0621. The van der Waals surface area contributed by atoms with Gasteiger partial charge in [0.2, 0.25) is 9.84 Å². The highest BCUT2D eigenvalue weighted by Crippen LogP contribution is 2.64. The molecule has 4 saturated carbocycles. The van der Waals surface area contributed by atoms with Crippen LogP contribution in [0.3, 0.4) is 0 Å². The molecule has 0 aromatic heterocycles. The summed E-state index contributed by atoms with van der Waals surface area (Å²) in [6, 6.07) is 0. The van der Waals surface area contributed by atoms with Crippen LogP contribution in [0.1, 0.15) is 44.1 Å². The summed E-state index contributed by atoms with van der Waals surface area (Å²) in [6.45, 7) is 0. The van der Waals surface area contributed by atoms with Gasteiger partial charge in [-0.15, -0.1) is 0 Å². The molecule has 0 N–H and O–H groups in total. The molecule has 4 nitrogen and oxygen atoms in total. The van der Waals surface area contributed by atoms with Crippen LogP contribution in [0.5, 0.6) is 0 Å². The lowest BCUT2D eigenvalue weighted by atomic mass is 9.54. The molecule has 6 rings (SSSR count). The first-order valence-corrected chi connectivity index (χ1v) is 14.1. The molecule has 39 heavy (non-hydrogen) atoms. The Balaban J connectivity index is 1.89. The molecule has 4 aliphatic rings. The second-order valence-electron chi connectivity index (χ2n) is 10.4. The number of alkyl halides is 4. The third-order valence-electron chi connectivity index (χ3n) is 7.84. The van der Waals surface area contributed by atoms with Crippen LogP contribution in [0.15, 0.2) is 0 Å². The lowest BCUT2D eigenvalue weighted by Gasteiger charge is -2.59. The molecule has 2 aromatic rings. The van der Waals surface area contributed by atoms with Gasteiger partial charge in [0.05, 0.1) is 15.1 Å². The maximum atomic E-state index is 15.5. The van der Waals surface area contributed by atoms with E-state index in [1.54, 1.807) is 0 Å². The normalized spacial score (nSPS) is 28.9. The first-order chi connectivity index (χ1) is 17.7. The summed E-state index contributed by atoms with van der Waals surface area (Å²) in [5.41, 5.74) is -11.7. The molecule has 4 bridgehead atoms. The smallest absolute Gasteiger partial charge is 0.283 e. The van der Waals surface area contributed by atoms with Crippen molar-refractivity contribution in [2.45, 2.75) is 54.4 Å². The van der Waals surface area contributed by atoms with Gasteiger partial charge in [0.1, 0.15) is 21.3 Å². The Bertz CT molecular complexity index is 1640. The highest BCUT2D eigenvalue weighted by molar-refractivity contribution is 8.14. The number of halogens is 11. The summed E-state index contributed by atoms with van der Waals surface area (Å²) < 4.78 is 205. The molecule has 4 aliphatic carbocycles. The summed E-state index contributed by atoms with van der Waals surface area (Å²) in [5, 5.41) is -4.67. The van der Waals surface area contributed by atoms with Crippen molar-refractivity contribution < 1.29 is 65.1 Å². The number of rotatable bonds is 4. The number of hydrogen-bond donors (Lipinski definition) is 0. The second kappa shape index (κ2) is 8.13. The van der Waals surface area contributed by atoms with Crippen molar-refractivity contribution in [3.05, 3.63) is 50.9 Å². The standard InChI is InChI=1S/C22H14F11O4S2/c23-12-9-10(15(26)18(29)17(28)14(9)25)13(24)16(27)11(12)19(39(36,37)22(31,32)33)38(34,35)21-4-7-1-8(5-21)3-20(30,2-7)6-21/h7-8H,1-6H2/q-1. The van der Waals surface area contributed by atoms with Gasteiger partial charge in [-0.2, -0.15) is 13.2 Å². The number of fused-ring (bicyclic) bond motifs is 1. The summed E-state index contributed by atoms with van der Waals surface area (Å²) in [7, 11) is -13.5. The first kappa shape index (κ1) is 28.2. The van der Waals surface area contributed by atoms with E-state index in [1.165, 1.54) is 0 Å². The molecule has 216 valence electrons. The Morgan fingerprint density at radius 3 is 1.54 bits per heavy atom. The highest BCUT2D eigenvalue weighted by atomic mass is 32.3. The Hall–Kier alpha value is -2.30. The fourth-order valence-corrected chi connectivity index (χ4v) is 11.6. The maximum absolute atomic E-state index is 15.5. The van der Waals surface area contributed by atoms with E-state index in [0.717, 1.165) is 0 Å². The van der Waals surface area contributed by atoms with Crippen LogP contribution in [0.4, 0.5) is 48.3 Å². The van der Waals surface area contributed by atoms with Gasteiger partial charge in [0, 0.05) is 23.0 Å². The molecule has 0 heterocycles. The fraction of sp³-hybridized carbons (Fsp3) is 0.500. The zero-order valence-corrected chi connectivity index (χ0v) is 20.6. The Morgan fingerprint density at radius 1 is 0.667 bits per heavy atom. The van der Waals surface area contributed by atoms with E-state index < -0.39 is 128 Å². The predicted octanol–water partition coefficient (Wildman–Crippen LogP) is 6.06. The van der Waals surface area contributed by atoms with Gasteiger partial charge < -0.3 is 0 Å². The Labute approximate surface area is 213 Å². The zero-order chi connectivity index (χ0) is 29.2. The molecule has 4 fully saturated rings. The monoisotopic (exact) mass is 615 g/mol. The number of benzene rings is 2. The van der Waals surface area contributed by atoms with Gasteiger partial charge in [-0.05, 0) is 43.9 Å².